The van der Waals surface area contributed by atoms with Gasteiger partial charge < -0.3 is 14.2 Å². The van der Waals surface area contributed by atoms with E-state index in [1.54, 1.807) is 30.5 Å². The molecule has 170 valence electrons. The van der Waals surface area contributed by atoms with Crippen LogP contribution >= 0.6 is 27.5 Å². The molecule has 0 aliphatic heterocycles. The minimum absolute atomic E-state index is 0.339. The van der Waals surface area contributed by atoms with E-state index in [0.717, 1.165) is 15.6 Å². The fourth-order valence-electron chi connectivity index (χ4n) is 2.79. The van der Waals surface area contributed by atoms with Crippen LogP contribution in [-0.4, -0.2) is 25.8 Å². The second-order valence-corrected chi connectivity index (χ2v) is 8.00. The fraction of sp³-hybridized carbons (Fsp3) is 0.120. The average Bonchev–Trinajstić information content (AvgIpc) is 2.83. The summed E-state index contributed by atoms with van der Waals surface area (Å²) in [5.41, 5.74) is 4.57. The molecule has 0 aliphatic carbocycles. The van der Waals surface area contributed by atoms with Gasteiger partial charge in [-0.25, -0.2) is 5.43 Å². The number of halogens is 2. The zero-order valence-corrected chi connectivity index (χ0v) is 20.2. The van der Waals surface area contributed by atoms with Gasteiger partial charge in [-0.1, -0.05) is 42.5 Å². The molecule has 8 heteroatoms. The molecule has 0 saturated heterocycles. The predicted octanol–water partition coefficient (Wildman–Crippen LogP) is 6.02. The lowest BCUT2D eigenvalue weighted by molar-refractivity contribution is 0.0954. The van der Waals surface area contributed by atoms with Crippen LogP contribution in [0.4, 0.5) is 0 Å². The summed E-state index contributed by atoms with van der Waals surface area (Å²) in [4.78, 5) is 12.4. The van der Waals surface area contributed by atoms with Crippen molar-refractivity contribution < 1.29 is 19.0 Å². The maximum Gasteiger partial charge on any atom is 0.271 e. The van der Waals surface area contributed by atoms with Gasteiger partial charge in [0.25, 0.3) is 5.91 Å². The maximum absolute atomic E-state index is 12.4. The summed E-state index contributed by atoms with van der Waals surface area (Å²) in [5, 5.41) is 4.69. The normalized spacial score (nSPS) is 10.6. The highest BCUT2D eigenvalue weighted by Gasteiger charge is 2.11. The second-order valence-electron chi connectivity index (χ2n) is 6.73. The molecule has 3 rings (SSSR count). The molecule has 6 nitrogen and oxygen atoms in total. The summed E-state index contributed by atoms with van der Waals surface area (Å²) < 4.78 is 17.4. The number of benzene rings is 3. The number of methoxy groups -OCH3 is 1. The third-order valence-corrected chi connectivity index (χ3v) is 5.45. The molecular weight excluding hydrogens is 508 g/mol. The van der Waals surface area contributed by atoms with Crippen LogP contribution in [0, 0.1) is 0 Å². The molecule has 1 amide bonds. The third kappa shape index (κ3) is 6.84. The number of nitrogens with one attached hydrogen (secondary N) is 1. The molecule has 3 aromatic rings. The molecule has 0 heterocycles. The number of nitrogens with zero attached hydrogens (tertiary/aromatic N) is 1. The topological polar surface area (TPSA) is 69.2 Å². The van der Waals surface area contributed by atoms with Crippen molar-refractivity contribution in [2.75, 3.05) is 13.7 Å². The summed E-state index contributed by atoms with van der Waals surface area (Å²) in [6.07, 6.45) is 3.17. The van der Waals surface area contributed by atoms with E-state index in [9.17, 15) is 4.79 Å². The van der Waals surface area contributed by atoms with Gasteiger partial charge in [-0.15, -0.1) is 0 Å². The summed E-state index contributed by atoms with van der Waals surface area (Å²) in [6, 6.07) is 17.9. The van der Waals surface area contributed by atoms with E-state index in [2.05, 4.69) is 33.0 Å². The van der Waals surface area contributed by atoms with Gasteiger partial charge in [0.05, 0.1) is 17.8 Å². The lowest BCUT2D eigenvalue weighted by Gasteiger charge is -2.10. The van der Waals surface area contributed by atoms with Gasteiger partial charge in [-0.2, -0.15) is 5.10 Å². The Balaban J connectivity index is 1.59. The SMILES string of the molecule is C=CCOc1ccc(C(=O)N/N=C/c2ccc(OCc3ccccc3Cl)c(Br)c2)cc1OC. The van der Waals surface area contributed by atoms with Crippen LogP contribution in [0.1, 0.15) is 21.5 Å². The van der Waals surface area contributed by atoms with E-state index >= 15 is 0 Å². The average molecular weight is 530 g/mol. The minimum atomic E-state index is -0.376. The Morgan fingerprint density at radius 1 is 1.09 bits per heavy atom. The first-order valence-corrected chi connectivity index (χ1v) is 11.1. The molecule has 0 aliphatic rings. The summed E-state index contributed by atoms with van der Waals surface area (Å²) in [6.45, 7) is 4.30. The van der Waals surface area contributed by atoms with E-state index in [1.165, 1.54) is 7.11 Å². The van der Waals surface area contributed by atoms with Gasteiger partial charge in [-0.05, 0) is 64.0 Å². The number of hydrogen-bond acceptors (Lipinski definition) is 5. The molecule has 0 fully saturated rings. The Labute approximate surface area is 205 Å². The molecule has 0 bridgehead atoms. The quantitative estimate of drug-likeness (QED) is 0.198. The van der Waals surface area contributed by atoms with Crippen LogP contribution in [0.3, 0.4) is 0 Å². The highest BCUT2D eigenvalue weighted by Crippen LogP contribution is 2.29. The Bertz CT molecular complexity index is 1170. The van der Waals surface area contributed by atoms with Crippen molar-refractivity contribution in [3.63, 3.8) is 0 Å². The van der Waals surface area contributed by atoms with Crippen molar-refractivity contribution in [3.05, 3.63) is 99.5 Å². The third-order valence-electron chi connectivity index (χ3n) is 4.46. The predicted molar refractivity (Wildman–Crippen MR) is 134 cm³/mol. The van der Waals surface area contributed by atoms with Crippen molar-refractivity contribution in [1.29, 1.82) is 0 Å². The molecule has 1 N–H and O–H groups in total. The van der Waals surface area contributed by atoms with Crippen molar-refractivity contribution in [3.8, 4) is 17.2 Å². The van der Waals surface area contributed by atoms with E-state index in [1.807, 2.05) is 42.5 Å². The summed E-state index contributed by atoms with van der Waals surface area (Å²) in [5.74, 6) is 1.27. The smallest absolute Gasteiger partial charge is 0.271 e. The largest absolute Gasteiger partial charge is 0.493 e. The van der Waals surface area contributed by atoms with E-state index in [4.69, 9.17) is 25.8 Å². The maximum atomic E-state index is 12.4. The number of carbonyl (C=O) groups excluding carboxylic acids is 1. The Morgan fingerprint density at radius 2 is 1.88 bits per heavy atom. The number of amides is 1. The number of carbonyl (C=O) groups is 1. The first kappa shape index (κ1) is 24.4. The van der Waals surface area contributed by atoms with Gasteiger partial charge in [0.1, 0.15) is 19.0 Å². The highest BCUT2D eigenvalue weighted by molar-refractivity contribution is 9.10. The monoisotopic (exact) mass is 528 g/mol. The Morgan fingerprint density at radius 3 is 2.61 bits per heavy atom. The molecule has 0 spiro atoms. The highest BCUT2D eigenvalue weighted by atomic mass is 79.9. The van der Waals surface area contributed by atoms with E-state index in [-0.39, 0.29) is 5.91 Å². The van der Waals surface area contributed by atoms with Crippen molar-refractivity contribution in [2.24, 2.45) is 5.10 Å². The lowest BCUT2D eigenvalue weighted by Crippen LogP contribution is -2.17. The van der Waals surface area contributed by atoms with Crippen LogP contribution in [0.5, 0.6) is 17.2 Å². The number of hydrazone groups is 1. The molecule has 0 saturated carbocycles. The molecule has 3 aromatic carbocycles. The van der Waals surface area contributed by atoms with Gasteiger partial charge in [0, 0.05) is 16.1 Å². The number of ether oxygens (including phenoxy) is 3. The van der Waals surface area contributed by atoms with Crippen LogP contribution in [0.2, 0.25) is 5.02 Å². The zero-order valence-electron chi connectivity index (χ0n) is 17.9. The summed E-state index contributed by atoms with van der Waals surface area (Å²) >= 11 is 9.67. The van der Waals surface area contributed by atoms with Crippen molar-refractivity contribution in [1.82, 2.24) is 5.43 Å². The van der Waals surface area contributed by atoms with Gasteiger partial charge in [0.15, 0.2) is 11.5 Å². The van der Waals surface area contributed by atoms with Gasteiger partial charge in [0.2, 0.25) is 0 Å². The van der Waals surface area contributed by atoms with E-state index < -0.39 is 0 Å². The van der Waals surface area contributed by atoms with E-state index in [0.29, 0.717) is 41.0 Å². The van der Waals surface area contributed by atoms with Crippen LogP contribution in [0.15, 0.2) is 82.9 Å². The first-order chi connectivity index (χ1) is 16.0. The van der Waals surface area contributed by atoms with Crippen molar-refractivity contribution in [2.45, 2.75) is 6.61 Å². The Kier molecular flexibility index (Phi) is 8.92. The summed E-state index contributed by atoms with van der Waals surface area (Å²) in [7, 11) is 1.51. The standard InChI is InChI=1S/C25H22BrClN2O4/c1-3-12-32-23-11-9-18(14-24(23)31-2)25(30)29-28-15-17-8-10-22(20(26)13-17)33-16-19-6-4-5-7-21(19)27/h3-11,13-15H,1,12,16H2,2H3,(H,29,30)/b28-15+. The van der Waals surface area contributed by atoms with Crippen LogP contribution < -0.4 is 19.6 Å². The van der Waals surface area contributed by atoms with Gasteiger partial charge in [-0.3, -0.25) is 4.79 Å². The lowest BCUT2D eigenvalue weighted by atomic mass is 10.2. The molecule has 0 aromatic heterocycles. The molecule has 33 heavy (non-hydrogen) atoms. The fourth-order valence-corrected chi connectivity index (χ4v) is 3.49. The Hall–Kier alpha value is -3.29. The van der Waals surface area contributed by atoms with Crippen LogP contribution in [0.25, 0.3) is 0 Å². The first-order valence-electron chi connectivity index (χ1n) is 9.92. The molecule has 0 atom stereocenters. The minimum Gasteiger partial charge on any atom is -0.493 e. The molecule has 0 radical (unpaired) electrons. The zero-order chi connectivity index (χ0) is 23.6. The number of rotatable bonds is 10. The van der Waals surface area contributed by atoms with Crippen molar-refractivity contribution >= 4 is 39.7 Å². The van der Waals surface area contributed by atoms with Gasteiger partial charge >= 0.3 is 0 Å². The molecular formula is C25H22BrClN2O4. The number of hydrogen-bond donors (Lipinski definition) is 1. The second kappa shape index (κ2) is 12.1. The van der Waals surface area contributed by atoms with Crippen LogP contribution in [-0.2, 0) is 6.61 Å². The molecule has 0 unspecified atom stereocenters.